The molecule has 0 aliphatic carbocycles. The number of carbonyl (C=O) groups is 2. The zero-order valence-electron chi connectivity index (χ0n) is 17.5. The number of hydrogen-bond acceptors (Lipinski definition) is 7. The molecule has 1 aromatic carbocycles. The van der Waals surface area contributed by atoms with Crippen LogP contribution in [0.15, 0.2) is 33.7 Å². The predicted octanol–water partition coefficient (Wildman–Crippen LogP) is 0.813. The average molecular weight is 452 g/mol. The highest BCUT2D eigenvalue weighted by molar-refractivity contribution is 7.89. The van der Waals surface area contributed by atoms with E-state index in [0.29, 0.717) is 16.8 Å². The van der Waals surface area contributed by atoms with E-state index in [1.54, 1.807) is 43.0 Å². The van der Waals surface area contributed by atoms with Crippen LogP contribution in [-0.4, -0.2) is 71.8 Å². The van der Waals surface area contributed by atoms with Crippen molar-refractivity contribution < 1.29 is 27.6 Å². The lowest BCUT2D eigenvalue weighted by Crippen LogP contribution is -2.50. The number of piperazine rings is 1. The van der Waals surface area contributed by atoms with E-state index in [2.05, 4.69) is 5.16 Å². The third kappa shape index (κ3) is 5.67. The van der Waals surface area contributed by atoms with Gasteiger partial charge in [-0.25, -0.2) is 8.42 Å². The average Bonchev–Trinajstić information content (AvgIpc) is 3.06. The van der Waals surface area contributed by atoms with E-state index < -0.39 is 16.0 Å². The molecule has 12 heteroatoms. The second-order valence-electron chi connectivity index (χ2n) is 6.86. The molecule has 0 unspecified atom stereocenters. The molecule has 1 aliphatic heterocycles. The van der Waals surface area contributed by atoms with Crippen LogP contribution in [0.2, 0.25) is 0 Å². The van der Waals surface area contributed by atoms with E-state index in [9.17, 15) is 13.2 Å². The van der Waals surface area contributed by atoms with Gasteiger partial charge < -0.3 is 20.3 Å². The molecule has 168 valence electrons. The number of amidine groups is 1. The molecule has 0 saturated carbocycles. The maximum Gasteiger partial charge on any atom is 0.300 e. The monoisotopic (exact) mass is 451 g/mol. The van der Waals surface area contributed by atoms with Crippen molar-refractivity contribution in [2.24, 2.45) is 5.73 Å². The lowest BCUT2D eigenvalue weighted by Gasteiger charge is -2.34. The highest BCUT2D eigenvalue weighted by atomic mass is 32.2. The molecular weight excluding hydrogens is 426 g/mol. The number of nitrogen functional groups attached to an aromatic ring is 1. The molecule has 0 radical (unpaired) electrons. The van der Waals surface area contributed by atoms with Crippen LogP contribution in [-0.2, 0) is 14.8 Å². The van der Waals surface area contributed by atoms with Gasteiger partial charge >= 0.3 is 0 Å². The molecule has 0 atom stereocenters. The van der Waals surface area contributed by atoms with Crippen LogP contribution in [0.1, 0.15) is 34.3 Å². The maximum atomic E-state index is 12.8. The first kappa shape index (κ1) is 24.0. The Kier molecular flexibility index (Phi) is 7.52. The molecule has 1 aromatic heterocycles. The molecule has 3 rings (SSSR count). The molecule has 1 saturated heterocycles. The predicted molar refractivity (Wildman–Crippen MR) is 111 cm³/mol. The number of rotatable bonds is 4. The number of amides is 1. The van der Waals surface area contributed by atoms with Crippen molar-refractivity contribution in [3.63, 3.8) is 0 Å². The van der Waals surface area contributed by atoms with E-state index >= 15 is 0 Å². The van der Waals surface area contributed by atoms with Gasteiger partial charge in [0, 0.05) is 44.2 Å². The number of benzene rings is 1. The fourth-order valence-electron chi connectivity index (χ4n) is 3.08. The normalized spacial score (nSPS) is 14.5. The standard InChI is InChI=1S/C17H21N5O4S.C2H4O2/c1-11-15(12(2)26-20-11)27(24,25)22-9-7-21(8-10-22)17(23)14-5-3-13(4-6-14)16(18)19;1-2(3)4/h3-6H,7-10H2,1-2H3,(H3,18,19);1H3,(H,3,4). The summed E-state index contributed by atoms with van der Waals surface area (Å²) in [6.07, 6.45) is 0. The van der Waals surface area contributed by atoms with E-state index in [1.165, 1.54) is 4.31 Å². The van der Waals surface area contributed by atoms with Crippen molar-refractivity contribution in [2.45, 2.75) is 25.7 Å². The van der Waals surface area contributed by atoms with Crippen molar-refractivity contribution in [1.29, 1.82) is 5.41 Å². The van der Waals surface area contributed by atoms with Crippen molar-refractivity contribution in [2.75, 3.05) is 26.2 Å². The van der Waals surface area contributed by atoms with Crippen LogP contribution < -0.4 is 5.73 Å². The minimum atomic E-state index is -3.71. The molecule has 4 N–H and O–H groups in total. The van der Waals surface area contributed by atoms with Gasteiger partial charge in [0.05, 0.1) is 0 Å². The number of sulfonamides is 1. The Morgan fingerprint density at radius 2 is 1.58 bits per heavy atom. The number of nitrogens with one attached hydrogen (secondary N) is 1. The first-order valence-electron chi connectivity index (χ1n) is 9.31. The Hall–Kier alpha value is -3.25. The molecule has 1 fully saturated rings. The summed E-state index contributed by atoms with van der Waals surface area (Å²) >= 11 is 0. The van der Waals surface area contributed by atoms with Gasteiger partial charge in [-0.15, -0.1) is 0 Å². The Bertz CT molecular complexity index is 1050. The van der Waals surface area contributed by atoms with E-state index in [-0.39, 0.29) is 48.6 Å². The molecule has 0 spiro atoms. The van der Waals surface area contributed by atoms with Crippen LogP contribution in [0.4, 0.5) is 0 Å². The van der Waals surface area contributed by atoms with Crippen molar-refractivity contribution in [3.05, 3.63) is 46.8 Å². The van der Waals surface area contributed by atoms with Gasteiger partial charge in [0.15, 0.2) is 5.76 Å². The minimum absolute atomic E-state index is 0.0628. The lowest BCUT2D eigenvalue weighted by atomic mass is 10.1. The third-order valence-corrected chi connectivity index (χ3v) is 6.68. The highest BCUT2D eigenvalue weighted by Crippen LogP contribution is 2.24. The molecule has 31 heavy (non-hydrogen) atoms. The summed E-state index contributed by atoms with van der Waals surface area (Å²) in [7, 11) is -3.71. The SMILES string of the molecule is CC(=O)O.Cc1noc(C)c1S(=O)(=O)N1CCN(C(=O)c2ccc(C(=N)N)cc2)CC1. The smallest absolute Gasteiger partial charge is 0.300 e. The molecule has 0 bridgehead atoms. The second kappa shape index (κ2) is 9.71. The van der Waals surface area contributed by atoms with Gasteiger partial charge in [0.1, 0.15) is 16.4 Å². The van der Waals surface area contributed by atoms with Crippen LogP contribution in [0.5, 0.6) is 0 Å². The summed E-state index contributed by atoms with van der Waals surface area (Å²) in [5, 5.41) is 18.5. The van der Waals surface area contributed by atoms with Crippen LogP contribution in [0, 0.1) is 19.3 Å². The summed E-state index contributed by atoms with van der Waals surface area (Å²) in [6, 6.07) is 6.47. The number of nitrogens with zero attached hydrogens (tertiary/aromatic N) is 3. The van der Waals surface area contributed by atoms with Crippen LogP contribution >= 0.6 is 0 Å². The third-order valence-electron chi connectivity index (χ3n) is 4.53. The zero-order chi connectivity index (χ0) is 23.3. The number of aryl methyl sites for hydroxylation is 2. The Labute approximate surface area is 180 Å². The Morgan fingerprint density at radius 1 is 1.10 bits per heavy atom. The first-order chi connectivity index (χ1) is 14.4. The number of hydrogen-bond donors (Lipinski definition) is 3. The lowest BCUT2D eigenvalue weighted by molar-refractivity contribution is -0.134. The summed E-state index contributed by atoms with van der Waals surface area (Å²) in [4.78, 5) is 23.3. The largest absolute Gasteiger partial charge is 0.481 e. The summed E-state index contributed by atoms with van der Waals surface area (Å²) in [6.45, 7) is 5.21. The van der Waals surface area contributed by atoms with Crippen molar-refractivity contribution >= 4 is 27.7 Å². The summed E-state index contributed by atoms with van der Waals surface area (Å²) in [5.74, 6) is -0.816. The van der Waals surface area contributed by atoms with Gasteiger partial charge in [0.2, 0.25) is 10.0 Å². The van der Waals surface area contributed by atoms with Crippen molar-refractivity contribution in [1.82, 2.24) is 14.4 Å². The topological polar surface area (TPSA) is 171 Å². The Morgan fingerprint density at radius 3 is 2.00 bits per heavy atom. The number of aliphatic carboxylic acids is 1. The molecule has 2 aromatic rings. The molecule has 1 aliphatic rings. The van der Waals surface area contributed by atoms with Gasteiger partial charge in [-0.2, -0.15) is 4.31 Å². The minimum Gasteiger partial charge on any atom is -0.481 e. The number of nitrogens with two attached hydrogens (primary N) is 1. The quantitative estimate of drug-likeness (QED) is 0.453. The van der Waals surface area contributed by atoms with Crippen molar-refractivity contribution in [3.8, 4) is 0 Å². The Balaban J connectivity index is 0.000000785. The van der Waals surface area contributed by atoms with Gasteiger partial charge in [0.25, 0.3) is 11.9 Å². The number of carboxylic acids is 1. The van der Waals surface area contributed by atoms with E-state index in [1.807, 2.05) is 0 Å². The molecular formula is C19H25N5O6S. The van der Waals surface area contributed by atoms with Gasteiger partial charge in [-0.1, -0.05) is 17.3 Å². The van der Waals surface area contributed by atoms with Gasteiger partial charge in [-0.3, -0.25) is 15.0 Å². The summed E-state index contributed by atoms with van der Waals surface area (Å²) in [5.41, 5.74) is 6.76. The van der Waals surface area contributed by atoms with E-state index in [0.717, 1.165) is 6.92 Å². The fourth-order valence-corrected chi connectivity index (χ4v) is 4.79. The molecule has 1 amide bonds. The summed E-state index contributed by atoms with van der Waals surface area (Å²) < 4.78 is 32.0. The zero-order valence-corrected chi connectivity index (χ0v) is 18.3. The van der Waals surface area contributed by atoms with Crippen LogP contribution in [0.3, 0.4) is 0 Å². The molecule has 2 heterocycles. The fraction of sp³-hybridized carbons (Fsp3) is 0.368. The second-order valence-corrected chi connectivity index (χ2v) is 8.73. The first-order valence-corrected chi connectivity index (χ1v) is 10.8. The van der Waals surface area contributed by atoms with Crippen LogP contribution in [0.25, 0.3) is 0 Å². The molecule has 11 nitrogen and oxygen atoms in total. The van der Waals surface area contributed by atoms with E-state index in [4.69, 9.17) is 25.6 Å². The number of carboxylic acid groups (broad SMARTS) is 1. The highest BCUT2D eigenvalue weighted by Gasteiger charge is 2.34. The number of carbonyl (C=O) groups excluding carboxylic acids is 1. The number of aromatic nitrogens is 1. The maximum absolute atomic E-state index is 12.8. The van der Waals surface area contributed by atoms with Gasteiger partial charge in [-0.05, 0) is 26.0 Å².